The third kappa shape index (κ3) is 9.39. The van der Waals surface area contributed by atoms with Crippen LogP contribution >= 0.6 is 23.2 Å². The molecule has 1 unspecified atom stereocenters. The van der Waals surface area contributed by atoms with Crippen molar-refractivity contribution in [3.05, 3.63) is 58.1 Å². The van der Waals surface area contributed by atoms with E-state index in [0.29, 0.717) is 23.0 Å². The Hall–Kier alpha value is -2.49. The van der Waals surface area contributed by atoms with Crippen LogP contribution in [-0.2, 0) is 26.2 Å². The molecule has 0 spiro atoms. The maximum absolute atomic E-state index is 13.3. The number of nitrogens with zero attached hydrogens (tertiary/aromatic N) is 2. The van der Waals surface area contributed by atoms with Gasteiger partial charge in [0.2, 0.25) is 21.8 Å². The molecule has 2 aromatic rings. The predicted molar refractivity (Wildman–Crippen MR) is 149 cm³/mol. The molecule has 2 aromatic carbocycles. The number of methoxy groups -OCH3 is 1. The fraction of sp³-hybridized carbons (Fsp3) is 0.462. The molecule has 0 fully saturated rings. The molecule has 0 saturated heterocycles. The van der Waals surface area contributed by atoms with Crippen molar-refractivity contribution in [1.29, 1.82) is 0 Å². The van der Waals surface area contributed by atoms with Gasteiger partial charge in [-0.2, -0.15) is 0 Å². The van der Waals surface area contributed by atoms with Crippen LogP contribution in [0.5, 0.6) is 5.75 Å². The summed E-state index contributed by atoms with van der Waals surface area (Å²) < 4.78 is 31.3. The topological polar surface area (TPSA) is 96.0 Å². The Morgan fingerprint density at radius 3 is 2.24 bits per heavy atom. The molecule has 0 saturated carbocycles. The van der Waals surface area contributed by atoms with Gasteiger partial charge in [0.15, 0.2) is 0 Å². The number of amides is 2. The van der Waals surface area contributed by atoms with Gasteiger partial charge in [-0.25, -0.2) is 8.42 Å². The van der Waals surface area contributed by atoms with E-state index in [4.69, 9.17) is 27.9 Å². The Morgan fingerprint density at radius 1 is 1.05 bits per heavy atom. The lowest BCUT2D eigenvalue weighted by atomic mass is 10.1. The van der Waals surface area contributed by atoms with Crippen LogP contribution in [0.2, 0.25) is 10.0 Å². The Labute approximate surface area is 229 Å². The molecular weight excluding hydrogens is 537 g/mol. The summed E-state index contributed by atoms with van der Waals surface area (Å²) in [6.45, 7) is 6.45. The lowest BCUT2D eigenvalue weighted by molar-refractivity contribution is -0.140. The molecule has 1 N–H and O–H groups in total. The average Bonchev–Trinajstić information content (AvgIpc) is 2.83. The third-order valence-corrected chi connectivity index (χ3v) is 7.43. The number of rotatable bonds is 13. The lowest BCUT2D eigenvalue weighted by Gasteiger charge is -2.29. The Balaban J connectivity index is 2.17. The van der Waals surface area contributed by atoms with Crippen molar-refractivity contribution in [2.45, 2.75) is 46.2 Å². The summed E-state index contributed by atoms with van der Waals surface area (Å²) in [5.74, 6) is 0.187. The minimum Gasteiger partial charge on any atom is -0.495 e. The summed E-state index contributed by atoms with van der Waals surface area (Å²) in [6, 6.07) is 11.1. The van der Waals surface area contributed by atoms with Crippen molar-refractivity contribution in [1.82, 2.24) is 10.2 Å². The molecule has 0 heterocycles. The zero-order valence-corrected chi connectivity index (χ0v) is 24.2. The summed E-state index contributed by atoms with van der Waals surface area (Å²) in [4.78, 5) is 27.6. The molecule has 37 heavy (non-hydrogen) atoms. The van der Waals surface area contributed by atoms with E-state index in [2.05, 4.69) is 5.32 Å². The number of sulfonamides is 1. The second-order valence-corrected chi connectivity index (χ2v) is 12.0. The molecule has 0 aromatic heterocycles. The zero-order valence-electron chi connectivity index (χ0n) is 21.8. The minimum absolute atomic E-state index is 0.0469. The quantitative estimate of drug-likeness (QED) is 0.374. The maximum Gasteiger partial charge on any atom is 0.242 e. The van der Waals surface area contributed by atoms with Crippen molar-refractivity contribution in [3.8, 4) is 5.75 Å². The van der Waals surface area contributed by atoms with Gasteiger partial charge in [0.1, 0.15) is 11.8 Å². The monoisotopic (exact) mass is 571 g/mol. The summed E-state index contributed by atoms with van der Waals surface area (Å²) in [5, 5.41) is 3.73. The van der Waals surface area contributed by atoms with Gasteiger partial charge in [0.05, 0.1) is 24.1 Å². The molecule has 0 aliphatic heterocycles. The second kappa shape index (κ2) is 13.9. The Morgan fingerprint density at radius 2 is 1.70 bits per heavy atom. The third-order valence-electron chi connectivity index (χ3n) is 5.69. The summed E-state index contributed by atoms with van der Waals surface area (Å²) in [5.41, 5.74) is 1.20. The fourth-order valence-corrected chi connectivity index (χ4v) is 4.97. The van der Waals surface area contributed by atoms with Gasteiger partial charge in [0, 0.05) is 31.1 Å². The number of nitrogens with one attached hydrogen (secondary N) is 1. The summed E-state index contributed by atoms with van der Waals surface area (Å²) in [7, 11) is -2.17. The molecule has 1 atom stereocenters. The maximum atomic E-state index is 13.3. The van der Waals surface area contributed by atoms with Crippen molar-refractivity contribution in [2.24, 2.45) is 5.92 Å². The van der Waals surface area contributed by atoms with Crippen molar-refractivity contribution < 1.29 is 22.7 Å². The average molecular weight is 573 g/mol. The van der Waals surface area contributed by atoms with E-state index in [0.717, 1.165) is 11.8 Å². The van der Waals surface area contributed by atoms with Crippen LogP contribution in [0.4, 0.5) is 5.69 Å². The molecular formula is C26H35Cl2N3O5S. The van der Waals surface area contributed by atoms with E-state index in [1.54, 1.807) is 43.3 Å². The van der Waals surface area contributed by atoms with Crippen molar-refractivity contribution >= 4 is 50.7 Å². The van der Waals surface area contributed by atoms with Crippen molar-refractivity contribution in [2.75, 3.05) is 30.8 Å². The number of benzene rings is 2. The number of carbonyl (C=O) groups is 2. The highest BCUT2D eigenvalue weighted by Crippen LogP contribution is 2.30. The van der Waals surface area contributed by atoms with Gasteiger partial charge in [0.25, 0.3) is 0 Å². The summed E-state index contributed by atoms with van der Waals surface area (Å²) >= 11 is 12.2. The highest BCUT2D eigenvalue weighted by molar-refractivity contribution is 7.92. The Bertz CT molecular complexity index is 1170. The van der Waals surface area contributed by atoms with E-state index in [1.165, 1.54) is 22.4 Å². The largest absolute Gasteiger partial charge is 0.495 e. The SMILES string of the molecule is COc1ccc(N(CCCC(=O)N(Cc2ccc(Cl)cc2)C(C)C(=O)NCC(C)C)S(C)(=O)=O)cc1Cl. The van der Waals surface area contributed by atoms with Crippen LogP contribution in [0.1, 0.15) is 39.2 Å². The smallest absolute Gasteiger partial charge is 0.242 e. The molecule has 0 bridgehead atoms. The van der Waals surface area contributed by atoms with E-state index in [-0.39, 0.29) is 48.7 Å². The van der Waals surface area contributed by atoms with Gasteiger partial charge in [-0.3, -0.25) is 13.9 Å². The van der Waals surface area contributed by atoms with Crippen LogP contribution in [0.3, 0.4) is 0 Å². The van der Waals surface area contributed by atoms with E-state index in [9.17, 15) is 18.0 Å². The number of carbonyl (C=O) groups excluding carboxylic acids is 2. The molecule has 0 aliphatic rings. The molecule has 0 radical (unpaired) electrons. The number of halogens is 2. The van der Waals surface area contributed by atoms with Crippen LogP contribution in [-0.4, -0.2) is 57.6 Å². The molecule has 2 rings (SSSR count). The van der Waals surface area contributed by atoms with Gasteiger partial charge in [-0.05, 0) is 55.2 Å². The first-order chi connectivity index (χ1) is 17.3. The Kier molecular flexibility index (Phi) is 11.5. The fourth-order valence-electron chi connectivity index (χ4n) is 3.64. The molecule has 204 valence electrons. The van der Waals surface area contributed by atoms with Crippen LogP contribution in [0.15, 0.2) is 42.5 Å². The molecule has 11 heteroatoms. The van der Waals surface area contributed by atoms with E-state index >= 15 is 0 Å². The first-order valence-corrected chi connectivity index (χ1v) is 14.6. The molecule has 2 amide bonds. The molecule has 8 nitrogen and oxygen atoms in total. The normalized spacial score (nSPS) is 12.2. The highest BCUT2D eigenvalue weighted by atomic mass is 35.5. The van der Waals surface area contributed by atoms with Gasteiger partial charge in [-0.15, -0.1) is 0 Å². The highest BCUT2D eigenvalue weighted by Gasteiger charge is 2.27. The van der Waals surface area contributed by atoms with E-state index < -0.39 is 16.1 Å². The van der Waals surface area contributed by atoms with Gasteiger partial charge in [-0.1, -0.05) is 49.2 Å². The lowest BCUT2D eigenvalue weighted by Crippen LogP contribution is -2.48. The van der Waals surface area contributed by atoms with Crippen LogP contribution < -0.4 is 14.4 Å². The standard InChI is InChI=1S/C26H35Cl2N3O5S/c1-18(2)16-29-26(33)19(3)30(17-20-8-10-21(27)11-9-20)25(32)7-6-14-31(37(5,34)35)22-12-13-24(36-4)23(28)15-22/h8-13,15,18-19H,6-7,14,16-17H2,1-5H3,(H,29,33). The van der Waals surface area contributed by atoms with Crippen molar-refractivity contribution in [3.63, 3.8) is 0 Å². The predicted octanol–water partition coefficient (Wildman–Crippen LogP) is 4.74. The number of hydrogen-bond donors (Lipinski definition) is 1. The van der Waals surface area contributed by atoms with Gasteiger partial charge < -0.3 is 15.0 Å². The van der Waals surface area contributed by atoms with Crippen LogP contribution in [0, 0.1) is 5.92 Å². The second-order valence-electron chi connectivity index (χ2n) is 9.22. The van der Waals surface area contributed by atoms with Crippen LogP contribution in [0.25, 0.3) is 0 Å². The van der Waals surface area contributed by atoms with Gasteiger partial charge >= 0.3 is 0 Å². The first kappa shape index (κ1) is 30.7. The first-order valence-electron chi connectivity index (χ1n) is 12.0. The summed E-state index contributed by atoms with van der Waals surface area (Å²) in [6.07, 6.45) is 1.39. The zero-order chi connectivity index (χ0) is 27.8. The minimum atomic E-state index is -3.64. The number of hydrogen-bond acceptors (Lipinski definition) is 5. The number of ether oxygens (including phenoxy) is 1. The number of anilines is 1. The van der Waals surface area contributed by atoms with E-state index in [1.807, 2.05) is 13.8 Å². The molecule has 0 aliphatic carbocycles.